The van der Waals surface area contributed by atoms with Crippen LogP contribution in [0.4, 0.5) is 0 Å². The van der Waals surface area contributed by atoms with Crippen molar-refractivity contribution in [2.24, 2.45) is 5.41 Å². The summed E-state index contributed by atoms with van der Waals surface area (Å²) in [4.78, 5) is 0. The first kappa shape index (κ1) is 17.2. The zero-order valence-electron chi connectivity index (χ0n) is 13.8. The summed E-state index contributed by atoms with van der Waals surface area (Å²) in [6, 6.07) is 10.4. The van der Waals surface area contributed by atoms with Crippen LogP contribution in [-0.2, 0) is 11.3 Å². The van der Waals surface area contributed by atoms with Crippen LogP contribution in [0, 0.1) is 5.41 Å². The normalized spacial score (nSPS) is 15.1. The third kappa shape index (κ3) is 7.06. The SMILES string of the molecule is CCCC(C)(CNC(C)(C)C)COCc1ccccc1. The molecule has 0 bridgehead atoms. The molecule has 20 heavy (non-hydrogen) atoms. The van der Waals surface area contributed by atoms with E-state index in [1.165, 1.54) is 18.4 Å². The molecule has 1 aromatic rings. The Morgan fingerprint density at radius 2 is 1.70 bits per heavy atom. The average molecular weight is 277 g/mol. The van der Waals surface area contributed by atoms with Gasteiger partial charge in [-0.15, -0.1) is 0 Å². The molecule has 0 radical (unpaired) electrons. The number of hydrogen-bond acceptors (Lipinski definition) is 2. The first-order valence-electron chi connectivity index (χ1n) is 7.71. The van der Waals surface area contributed by atoms with Crippen LogP contribution in [0.3, 0.4) is 0 Å². The minimum atomic E-state index is 0.161. The van der Waals surface area contributed by atoms with Crippen LogP contribution in [0.2, 0.25) is 0 Å². The van der Waals surface area contributed by atoms with Crippen LogP contribution in [-0.4, -0.2) is 18.7 Å². The van der Waals surface area contributed by atoms with Gasteiger partial charge in [0, 0.05) is 17.5 Å². The average Bonchev–Trinajstić information content (AvgIpc) is 2.37. The fourth-order valence-electron chi connectivity index (χ4n) is 2.28. The van der Waals surface area contributed by atoms with Gasteiger partial charge < -0.3 is 10.1 Å². The minimum absolute atomic E-state index is 0.161. The Hall–Kier alpha value is -0.860. The van der Waals surface area contributed by atoms with Crippen LogP contribution in [0.15, 0.2) is 30.3 Å². The van der Waals surface area contributed by atoms with E-state index in [0.29, 0.717) is 6.61 Å². The molecule has 2 nitrogen and oxygen atoms in total. The quantitative estimate of drug-likeness (QED) is 0.760. The van der Waals surface area contributed by atoms with Gasteiger partial charge in [0.15, 0.2) is 0 Å². The van der Waals surface area contributed by atoms with Crippen molar-refractivity contribution in [1.29, 1.82) is 0 Å². The lowest BCUT2D eigenvalue weighted by Gasteiger charge is -2.33. The van der Waals surface area contributed by atoms with Gasteiger partial charge in [0.2, 0.25) is 0 Å². The maximum absolute atomic E-state index is 5.96. The summed E-state index contributed by atoms with van der Waals surface area (Å²) in [7, 11) is 0. The standard InChI is InChI=1S/C18H31NO/c1-6-12-18(5,14-19-17(2,3)4)15-20-13-16-10-8-7-9-11-16/h7-11,19H,6,12-15H2,1-5H3. The largest absolute Gasteiger partial charge is 0.376 e. The summed E-state index contributed by atoms with van der Waals surface area (Å²) >= 11 is 0. The van der Waals surface area contributed by atoms with Gasteiger partial charge in [0.05, 0.1) is 13.2 Å². The maximum Gasteiger partial charge on any atom is 0.0717 e. The van der Waals surface area contributed by atoms with Crippen LogP contribution in [0.25, 0.3) is 0 Å². The number of nitrogens with one attached hydrogen (secondary N) is 1. The minimum Gasteiger partial charge on any atom is -0.376 e. The number of benzene rings is 1. The van der Waals surface area contributed by atoms with Crippen molar-refractivity contribution in [2.75, 3.05) is 13.2 Å². The van der Waals surface area contributed by atoms with Crippen molar-refractivity contribution in [2.45, 2.75) is 59.6 Å². The fourth-order valence-corrected chi connectivity index (χ4v) is 2.28. The van der Waals surface area contributed by atoms with Crippen molar-refractivity contribution in [3.05, 3.63) is 35.9 Å². The second kappa shape index (κ2) is 7.80. The summed E-state index contributed by atoms with van der Waals surface area (Å²) in [5.41, 5.74) is 1.61. The Morgan fingerprint density at radius 3 is 2.25 bits per heavy atom. The highest BCUT2D eigenvalue weighted by atomic mass is 16.5. The van der Waals surface area contributed by atoms with Crippen molar-refractivity contribution in [3.8, 4) is 0 Å². The van der Waals surface area contributed by atoms with E-state index in [4.69, 9.17) is 4.74 Å². The van der Waals surface area contributed by atoms with Gasteiger partial charge in [-0.3, -0.25) is 0 Å². The molecule has 1 aromatic carbocycles. The summed E-state index contributed by atoms with van der Waals surface area (Å²) in [6.07, 6.45) is 2.38. The molecule has 1 unspecified atom stereocenters. The second-order valence-electron chi connectivity index (χ2n) is 7.14. The van der Waals surface area contributed by atoms with E-state index in [0.717, 1.165) is 13.2 Å². The van der Waals surface area contributed by atoms with Gasteiger partial charge >= 0.3 is 0 Å². The monoisotopic (exact) mass is 277 g/mol. The molecular weight excluding hydrogens is 246 g/mol. The molecule has 0 heterocycles. The molecule has 0 aromatic heterocycles. The molecule has 0 aliphatic carbocycles. The van der Waals surface area contributed by atoms with Gasteiger partial charge in [-0.1, -0.05) is 50.6 Å². The Kier molecular flexibility index (Phi) is 6.70. The third-order valence-electron chi connectivity index (χ3n) is 3.46. The Labute approximate surface area is 124 Å². The Morgan fingerprint density at radius 1 is 1.05 bits per heavy atom. The molecule has 0 aliphatic heterocycles. The van der Waals surface area contributed by atoms with E-state index < -0.39 is 0 Å². The molecule has 0 fully saturated rings. The lowest BCUT2D eigenvalue weighted by atomic mass is 9.85. The zero-order chi connectivity index (χ0) is 15.1. The van der Waals surface area contributed by atoms with Crippen LogP contribution in [0.1, 0.15) is 53.0 Å². The maximum atomic E-state index is 5.96. The molecular formula is C18H31NO. The van der Waals surface area contributed by atoms with Crippen molar-refractivity contribution < 1.29 is 4.74 Å². The molecule has 0 saturated heterocycles. The Balaban J connectivity index is 2.45. The van der Waals surface area contributed by atoms with Gasteiger partial charge in [0.1, 0.15) is 0 Å². The van der Waals surface area contributed by atoms with Gasteiger partial charge in [-0.25, -0.2) is 0 Å². The molecule has 1 atom stereocenters. The van der Waals surface area contributed by atoms with Crippen LogP contribution < -0.4 is 5.32 Å². The van der Waals surface area contributed by atoms with Gasteiger partial charge in [0.25, 0.3) is 0 Å². The van der Waals surface area contributed by atoms with Crippen molar-refractivity contribution >= 4 is 0 Å². The van der Waals surface area contributed by atoms with Crippen LogP contribution >= 0.6 is 0 Å². The second-order valence-corrected chi connectivity index (χ2v) is 7.14. The fraction of sp³-hybridized carbons (Fsp3) is 0.667. The Bertz CT molecular complexity index is 369. The summed E-state index contributed by atoms with van der Waals surface area (Å²) < 4.78 is 5.96. The van der Waals surface area contributed by atoms with Crippen LogP contribution in [0.5, 0.6) is 0 Å². The molecule has 0 aliphatic rings. The van der Waals surface area contributed by atoms with Crippen molar-refractivity contribution in [3.63, 3.8) is 0 Å². The first-order valence-corrected chi connectivity index (χ1v) is 7.71. The molecule has 114 valence electrons. The van der Waals surface area contributed by atoms with E-state index in [9.17, 15) is 0 Å². The molecule has 2 heteroatoms. The van der Waals surface area contributed by atoms with Crippen molar-refractivity contribution in [1.82, 2.24) is 5.32 Å². The molecule has 1 rings (SSSR count). The predicted octanol–water partition coefficient (Wildman–Crippen LogP) is 4.40. The lowest BCUT2D eigenvalue weighted by molar-refractivity contribution is 0.0342. The zero-order valence-corrected chi connectivity index (χ0v) is 13.8. The topological polar surface area (TPSA) is 21.3 Å². The van der Waals surface area contributed by atoms with E-state index in [2.05, 4.69) is 64.2 Å². The molecule has 0 saturated carbocycles. The number of hydrogen-bond donors (Lipinski definition) is 1. The van der Waals surface area contributed by atoms with E-state index in [-0.39, 0.29) is 11.0 Å². The van der Waals surface area contributed by atoms with Gasteiger partial charge in [-0.2, -0.15) is 0 Å². The predicted molar refractivity (Wildman–Crippen MR) is 86.9 cm³/mol. The smallest absolute Gasteiger partial charge is 0.0717 e. The third-order valence-corrected chi connectivity index (χ3v) is 3.46. The highest BCUT2D eigenvalue weighted by molar-refractivity contribution is 5.13. The first-order chi connectivity index (χ1) is 9.35. The number of ether oxygens (including phenoxy) is 1. The molecule has 1 N–H and O–H groups in total. The highest BCUT2D eigenvalue weighted by Crippen LogP contribution is 2.24. The molecule has 0 amide bonds. The lowest BCUT2D eigenvalue weighted by Crippen LogP contribution is -2.44. The highest BCUT2D eigenvalue weighted by Gasteiger charge is 2.25. The summed E-state index contributed by atoms with van der Waals surface area (Å²) in [5.74, 6) is 0. The van der Waals surface area contributed by atoms with E-state index in [1.807, 2.05) is 6.07 Å². The summed E-state index contributed by atoms with van der Waals surface area (Å²) in [5, 5.41) is 3.62. The molecule has 0 spiro atoms. The van der Waals surface area contributed by atoms with E-state index in [1.54, 1.807) is 0 Å². The van der Waals surface area contributed by atoms with E-state index >= 15 is 0 Å². The number of rotatable bonds is 8. The van der Waals surface area contributed by atoms with Gasteiger partial charge in [-0.05, 0) is 32.8 Å². The summed E-state index contributed by atoms with van der Waals surface area (Å²) in [6.45, 7) is 13.7.